The van der Waals surface area contributed by atoms with E-state index in [0.29, 0.717) is 11.4 Å². The highest BCUT2D eigenvalue weighted by atomic mass is 35.5. The van der Waals surface area contributed by atoms with Crippen LogP contribution in [0.3, 0.4) is 0 Å². The predicted octanol–water partition coefficient (Wildman–Crippen LogP) is 1.89. The van der Waals surface area contributed by atoms with Gasteiger partial charge in [-0.05, 0) is 31.0 Å². The number of aryl methyl sites for hydroxylation is 2. The van der Waals surface area contributed by atoms with Crippen molar-refractivity contribution in [2.24, 2.45) is 7.05 Å². The van der Waals surface area contributed by atoms with Crippen LogP contribution in [0.5, 0.6) is 0 Å². The maximum atomic E-state index is 12.0. The average molecular weight is 362 g/mol. The quantitative estimate of drug-likeness (QED) is 0.554. The Balaban J connectivity index is 2.31. The lowest BCUT2D eigenvalue weighted by molar-refractivity contribution is 0.791. The molecule has 0 amide bonds. The molecule has 8 heteroatoms. The zero-order valence-corrected chi connectivity index (χ0v) is 15.2. The van der Waals surface area contributed by atoms with E-state index >= 15 is 0 Å². The van der Waals surface area contributed by atoms with Gasteiger partial charge in [0.15, 0.2) is 11.5 Å². The number of hydrogen-bond acceptors (Lipinski definition) is 5. The summed E-state index contributed by atoms with van der Waals surface area (Å²) in [5.41, 5.74) is 2.58. The number of rotatable bonds is 5. The van der Waals surface area contributed by atoms with E-state index in [4.69, 9.17) is 11.6 Å². The number of hydrogen-bond donors (Lipinski definition) is 1. The highest BCUT2D eigenvalue weighted by Crippen LogP contribution is 2.28. The highest BCUT2D eigenvalue weighted by molar-refractivity contribution is 6.18. The van der Waals surface area contributed by atoms with Gasteiger partial charge in [-0.2, -0.15) is 4.98 Å². The third kappa shape index (κ3) is 3.11. The lowest BCUT2D eigenvalue weighted by atomic mass is 10.1. The summed E-state index contributed by atoms with van der Waals surface area (Å²) in [4.78, 5) is 36.3. The van der Waals surface area contributed by atoms with Gasteiger partial charge in [0.1, 0.15) is 0 Å². The first kappa shape index (κ1) is 17.4. The second-order valence-corrected chi connectivity index (χ2v) is 6.40. The SMILES string of the molecule is CCCN(CCCl)c1cc2c(cc1C)nc1c(=O)[nH]c(=O)nc-1n2C. The van der Waals surface area contributed by atoms with Crippen LogP contribution in [0.4, 0.5) is 5.69 Å². The second kappa shape index (κ2) is 6.84. The minimum Gasteiger partial charge on any atom is -0.370 e. The lowest BCUT2D eigenvalue weighted by Gasteiger charge is -2.26. The molecule has 7 nitrogen and oxygen atoms in total. The van der Waals surface area contributed by atoms with Crippen LogP contribution in [-0.4, -0.2) is 38.5 Å². The Kier molecular flexibility index (Phi) is 4.76. The maximum absolute atomic E-state index is 12.0. The van der Waals surface area contributed by atoms with E-state index < -0.39 is 11.2 Å². The normalized spacial score (nSPS) is 11.4. The topological polar surface area (TPSA) is 83.9 Å². The van der Waals surface area contributed by atoms with Crippen molar-refractivity contribution in [3.8, 4) is 11.5 Å². The summed E-state index contributed by atoms with van der Waals surface area (Å²) < 4.78 is 1.74. The van der Waals surface area contributed by atoms with E-state index in [2.05, 4.69) is 26.8 Å². The Bertz CT molecular complexity index is 1000. The number of halogens is 1. The number of H-pyrrole nitrogens is 1. The fraction of sp³-hybridized carbons (Fsp3) is 0.412. The third-order valence-corrected chi connectivity index (χ3v) is 4.42. The molecule has 0 aliphatic carbocycles. The Hall–Kier alpha value is -2.41. The smallest absolute Gasteiger partial charge is 0.349 e. The molecule has 1 aromatic carbocycles. The van der Waals surface area contributed by atoms with Crippen LogP contribution in [-0.2, 0) is 7.05 Å². The van der Waals surface area contributed by atoms with Gasteiger partial charge in [-0.15, -0.1) is 11.6 Å². The molecule has 1 N–H and O–H groups in total. The van der Waals surface area contributed by atoms with Crippen LogP contribution in [0.25, 0.3) is 22.6 Å². The number of nitrogens with one attached hydrogen (secondary N) is 1. The number of anilines is 1. The van der Waals surface area contributed by atoms with Crippen LogP contribution < -0.4 is 16.1 Å². The number of aromatic nitrogens is 4. The van der Waals surface area contributed by atoms with Crippen molar-refractivity contribution in [3.05, 3.63) is 38.5 Å². The van der Waals surface area contributed by atoms with Crippen LogP contribution >= 0.6 is 11.6 Å². The van der Waals surface area contributed by atoms with Gasteiger partial charge in [0.2, 0.25) is 0 Å². The van der Waals surface area contributed by atoms with Crippen molar-refractivity contribution in [2.75, 3.05) is 23.9 Å². The molecule has 2 heterocycles. The molecule has 0 atom stereocenters. The number of fused-ring (bicyclic) bond motifs is 2. The summed E-state index contributed by atoms with van der Waals surface area (Å²) in [6.07, 6.45) is 1.01. The molecule has 0 aromatic heterocycles. The van der Waals surface area contributed by atoms with E-state index in [9.17, 15) is 9.59 Å². The van der Waals surface area contributed by atoms with Gasteiger partial charge in [-0.3, -0.25) is 9.78 Å². The van der Waals surface area contributed by atoms with Gasteiger partial charge in [0.05, 0.1) is 11.0 Å². The molecule has 25 heavy (non-hydrogen) atoms. The van der Waals surface area contributed by atoms with Crippen molar-refractivity contribution in [1.29, 1.82) is 0 Å². The minimum atomic E-state index is -0.670. The Labute approximate surface area is 149 Å². The summed E-state index contributed by atoms with van der Waals surface area (Å²) >= 11 is 5.95. The fourth-order valence-electron chi connectivity index (χ4n) is 3.10. The summed E-state index contributed by atoms with van der Waals surface area (Å²) in [6.45, 7) is 5.78. The first-order valence-electron chi connectivity index (χ1n) is 8.18. The van der Waals surface area contributed by atoms with Gasteiger partial charge < -0.3 is 9.47 Å². The molecule has 132 valence electrons. The van der Waals surface area contributed by atoms with E-state index in [-0.39, 0.29) is 11.5 Å². The number of aromatic amines is 1. The molecule has 2 aliphatic rings. The molecule has 0 saturated heterocycles. The van der Waals surface area contributed by atoms with Crippen molar-refractivity contribution in [3.63, 3.8) is 0 Å². The summed E-state index contributed by atoms with van der Waals surface area (Å²) in [5.74, 6) is 0.811. The van der Waals surface area contributed by atoms with Gasteiger partial charge in [-0.1, -0.05) is 6.92 Å². The van der Waals surface area contributed by atoms with Crippen LogP contribution in [0.2, 0.25) is 0 Å². The molecule has 0 unspecified atom stereocenters. The first-order valence-corrected chi connectivity index (χ1v) is 8.72. The van der Waals surface area contributed by atoms with Crippen molar-refractivity contribution < 1.29 is 0 Å². The molecule has 0 fully saturated rings. The van der Waals surface area contributed by atoms with Crippen molar-refractivity contribution >= 4 is 28.3 Å². The van der Waals surface area contributed by atoms with Gasteiger partial charge in [0.25, 0.3) is 5.56 Å². The molecule has 0 saturated carbocycles. The molecule has 0 spiro atoms. The Morgan fingerprint density at radius 3 is 2.68 bits per heavy atom. The zero-order chi connectivity index (χ0) is 18.1. The van der Waals surface area contributed by atoms with Crippen molar-refractivity contribution in [1.82, 2.24) is 19.5 Å². The van der Waals surface area contributed by atoms with Gasteiger partial charge >= 0.3 is 5.69 Å². The molecule has 2 aliphatic heterocycles. The van der Waals surface area contributed by atoms with Crippen molar-refractivity contribution in [2.45, 2.75) is 20.3 Å². The monoisotopic (exact) mass is 361 g/mol. The second-order valence-electron chi connectivity index (χ2n) is 6.02. The standard InChI is InChI=1S/C17H20ClN5O2/c1-4-6-23(7-5-18)12-9-13-11(8-10(12)2)19-14-15(22(13)3)20-17(25)21-16(14)24/h8-9H,4-7H2,1-3H3,(H,21,24,25). The lowest BCUT2D eigenvalue weighted by Crippen LogP contribution is -2.29. The number of benzene rings is 1. The average Bonchev–Trinajstić information content (AvgIpc) is 2.56. The summed E-state index contributed by atoms with van der Waals surface area (Å²) in [6, 6.07) is 3.97. The Morgan fingerprint density at radius 1 is 1.24 bits per heavy atom. The fourth-order valence-corrected chi connectivity index (χ4v) is 3.30. The molecular formula is C17H20ClN5O2. The van der Waals surface area contributed by atoms with E-state index in [1.165, 1.54) is 0 Å². The first-order chi connectivity index (χ1) is 12.0. The molecule has 1 aromatic rings. The summed E-state index contributed by atoms with van der Waals surface area (Å²) in [7, 11) is 1.78. The third-order valence-electron chi connectivity index (χ3n) is 4.25. The van der Waals surface area contributed by atoms with Crippen LogP contribution in [0.1, 0.15) is 18.9 Å². The number of nitrogens with zero attached hydrogens (tertiary/aromatic N) is 4. The van der Waals surface area contributed by atoms with Gasteiger partial charge in [0, 0.05) is 31.7 Å². The minimum absolute atomic E-state index is 0.160. The molecule has 0 radical (unpaired) electrons. The Morgan fingerprint density at radius 2 is 2.00 bits per heavy atom. The maximum Gasteiger partial charge on any atom is 0.349 e. The van der Waals surface area contributed by atoms with Crippen LogP contribution in [0.15, 0.2) is 21.7 Å². The van der Waals surface area contributed by atoms with E-state index in [1.807, 2.05) is 19.1 Å². The largest absolute Gasteiger partial charge is 0.370 e. The van der Waals surface area contributed by atoms with Crippen LogP contribution in [0, 0.1) is 6.92 Å². The zero-order valence-electron chi connectivity index (χ0n) is 14.5. The molecule has 3 rings (SSSR count). The highest BCUT2D eigenvalue weighted by Gasteiger charge is 2.18. The van der Waals surface area contributed by atoms with Gasteiger partial charge in [-0.25, -0.2) is 9.78 Å². The summed E-state index contributed by atoms with van der Waals surface area (Å²) in [5, 5.41) is 0. The van der Waals surface area contributed by atoms with E-state index in [0.717, 1.165) is 36.3 Å². The number of alkyl halides is 1. The molecule has 0 bridgehead atoms. The molecular weight excluding hydrogens is 342 g/mol. The van der Waals surface area contributed by atoms with E-state index in [1.54, 1.807) is 11.6 Å². The predicted molar refractivity (Wildman–Crippen MR) is 100.0 cm³/mol.